The molecule has 1 aliphatic rings. The van der Waals surface area contributed by atoms with Gasteiger partial charge in [-0.3, -0.25) is 0 Å². The normalized spacial score (nSPS) is 17.5. The SMILES string of the molecule is CN1CC(CN(C)c2ncc(I)cn2)C1. The summed E-state index contributed by atoms with van der Waals surface area (Å²) in [6, 6.07) is 0. The highest BCUT2D eigenvalue weighted by Crippen LogP contribution is 2.16. The zero-order valence-corrected chi connectivity index (χ0v) is 11.2. The van der Waals surface area contributed by atoms with Crippen molar-refractivity contribution in [1.82, 2.24) is 14.9 Å². The number of nitrogens with zero attached hydrogens (tertiary/aromatic N) is 4. The lowest BCUT2D eigenvalue weighted by Gasteiger charge is -2.38. The molecule has 1 saturated heterocycles. The highest BCUT2D eigenvalue weighted by Gasteiger charge is 2.24. The van der Waals surface area contributed by atoms with Crippen LogP contribution in [0.15, 0.2) is 12.4 Å². The Morgan fingerprint density at radius 3 is 2.60 bits per heavy atom. The smallest absolute Gasteiger partial charge is 0.225 e. The third-order valence-electron chi connectivity index (χ3n) is 2.62. The number of likely N-dealkylation sites (tertiary alicyclic amines) is 1. The van der Waals surface area contributed by atoms with E-state index in [1.54, 1.807) is 0 Å². The molecule has 0 aromatic carbocycles. The van der Waals surface area contributed by atoms with E-state index in [4.69, 9.17) is 0 Å². The Morgan fingerprint density at radius 1 is 1.47 bits per heavy atom. The summed E-state index contributed by atoms with van der Waals surface area (Å²) < 4.78 is 1.08. The second kappa shape index (κ2) is 4.61. The topological polar surface area (TPSA) is 32.3 Å². The van der Waals surface area contributed by atoms with Gasteiger partial charge < -0.3 is 9.80 Å². The largest absolute Gasteiger partial charge is 0.344 e. The summed E-state index contributed by atoms with van der Waals surface area (Å²) in [5.41, 5.74) is 0. The summed E-state index contributed by atoms with van der Waals surface area (Å²) in [5, 5.41) is 0. The molecule has 1 fully saturated rings. The highest BCUT2D eigenvalue weighted by molar-refractivity contribution is 14.1. The standard InChI is InChI=1S/C10H15IN4/c1-14-5-8(6-14)7-15(2)10-12-3-9(11)4-13-10/h3-4,8H,5-7H2,1-2H3. The van der Waals surface area contributed by atoms with Crippen LogP contribution in [0, 0.1) is 9.49 Å². The fourth-order valence-electron chi connectivity index (χ4n) is 1.92. The summed E-state index contributed by atoms with van der Waals surface area (Å²) in [7, 11) is 4.21. The second-order valence-corrected chi connectivity index (χ2v) is 5.41. The summed E-state index contributed by atoms with van der Waals surface area (Å²) in [5.74, 6) is 1.59. The van der Waals surface area contributed by atoms with Gasteiger partial charge in [0.05, 0.1) is 0 Å². The van der Waals surface area contributed by atoms with Crippen LogP contribution < -0.4 is 4.90 Å². The lowest BCUT2D eigenvalue weighted by Crippen LogP contribution is -2.48. The van der Waals surface area contributed by atoms with Crippen LogP contribution in [-0.2, 0) is 0 Å². The van der Waals surface area contributed by atoms with Crippen LogP contribution in [0.5, 0.6) is 0 Å². The molecule has 1 aromatic heterocycles. The van der Waals surface area contributed by atoms with E-state index in [-0.39, 0.29) is 0 Å². The van der Waals surface area contributed by atoms with Crippen LogP contribution in [0.4, 0.5) is 5.95 Å². The maximum Gasteiger partial charge on any atom is 0.225 e. The van der Waals surface area contributed by atoms with Gasteiger partial charge in [-0.15, -0.1) is 0 Å². The van der Waals surface area contributed by atoms with Crippen LogP contribution in [0.2, 0.25) is 0 Å². The predicted octanol–water partition coefficient (Wildman–Crippen LogP) is 1.08. The van der Waals surface area contributed by atoms with Crippen LogP contribution in [-0.4, -0.2) is 48.6 Å². The molecule has 15 heavy (non-hydrogen) atoms. The summed E-state index contributed by atoms with van der Waals surface area (Å²) in [4.78, 5) is 13.1. The van der Waals surface area contributed by atoms with Crippen molar-refractivity contribution in [1.29, 1.82) is 0 Å². The molecule has 0 unspecified atom stereocenters. The van der Waals surface area contributed by atoms with Gasteiger partial charge >= 0.3 is 0 Å². The second-order valence-electron chi connectivity index (χ2n) is 4.17. The third kappa shape index (κ3) is 2.78. The Balaban J connectivity index is 1.90. The monoisotopic (exact) mass is 318 g/mol. The highest BCUT2D eigenvalue weighted by atomic mass is 127. The summed E-state index contributed by atoms with van der Waals surface area (Å²) >= 11 is 2.22. The molecule has 0 N–H and O–H groups in total. The zero-order chi connectivity index (χ0) is 10.8. The van der Waals surface area contributed by atoms with E-state index in [1.807, 2.05) is 12.4 Å². The van der Waals surface area contributed by atoms with Gasteiger partial charge in [0.1, 0.15) is 0 Å². The fourth-order valence-corrected chi connectivity index (χ4v) is 2.19. The lowest BCUT2D eigenvalue weighted by atomic mass is 10.0. The molecule has 4 nitrogen and oxygen atoms in total. The molecular formula is C10H15IN4. The van der Waals surface area contributed by atoms with E-state index in [1.165, 1.54) is 13.1 Å². The van der Waals surface area contributed by atoms with Crippen LogP contribution in [0.3, 0.4) is 0 Å². The van der Waals surface area contributed by atoms with Gasteiger partial charge in [-0.05, 0) is 29.6 Å². The maximum atomic E-state index is 4.30. The Morgan fingerprint density at radius 2 is 2.07 bits per heavy atom. The molecule has 1 aromatic rings. The minimum atomic E-state index is 0.767. The van der Waals surface area contributed by atoms with Crippen molar-refractivity contribution < 1.29 is 0 Å². The van der Waals surface area contributed by atoms with E-state index in [0.29, 0.717) is 0 Å². The van der Waals surface area contributed by atoms with Crippen molar-refractivity contribution in [3.8, 4) is 0 Å². The Kier molecular flexibility index (Phi) is 3.40. The zero-order valence-electron chi connectivity index (χ0n) is 9.02. The van der Waals surface area contributed by atoms with Crippen LogP contribution in [0.25, 0.3) is 0 Å². The molecule has 1 aliphatic heterocycles. The first-order valence-corrected chi connectivity index (χ1v) is 6.10. The quantitative estimate of drug-likeness (QED) is 0.781. The first kappa shape index (κ1) is 11.1. The van der Waals surface area contributed by atoms with E-state index in [9.17, 15) is 0 Å². The summed E-state index contributed by atoms with van der Waals surface area (Å²) in [6.45, 7) is 3.42. The number of hydrogen-bond donors (Lipinski definition) is 0. The van der Waals surface area contributed by atoms with E-state index < -0.39 is 0 Å². The van der Waals surface area contributed by atoms with E-state index >= 15 is 0 Å². The molecule has 5 heteroatoms. The van der Waals surface area contributed by atoms with Gasteiger partial charge in [0.25, 0.3) is 0 Å². The molecule has 0 radical (unpaired) electrons. The van der Waals surface area contributed by atoms with Crippen molar-refractivity contribution in [3.63, 3.8) is 0 Å². The molecule has 0 bridgehead atoms. The first-order chi connectivity index (χ1) is 7.15. The minimum Gasteiger partial charge on any atom is -0.344 e. The van der Waals surface area contributed by atoms with Crippen molar-refractivity contribution in [2.75, 3.05) is 38.6 Å². The molecular weight excluding hydrogens is 303 g/mol. The van der Waals surface area contributed by atoms with Crippen molar-refractivity contribution in [3.05, 3.63) is 16.0 Å². The molecule has 0 spiro atoms. The molecule has 0 atom stereocenters. The third-order valence-corrected chi connectivity index (χ3v) is 3.18. The minimum absolute atomic E-state index is 0.767. The Bertz CT molecular complexity index is 321. The average molecular weight is 318 g/mol. The van der Waals surface area contributed by atoms with Gasteiger partial charge in [0, 0.05) is 48.6 Å². The number of anilines is 1. The van der Waals surface area contributed by atoms with Gasteiger partial charge in [-0.2, -0.15) is 0 Å². The number of aromatic nitrogens is 2. The van der Waals surface area contributed by atoms with Crippen LogP contribution >= 0.6 is 22.6 Å². The molecule has 82 valence electrons. The molecule has 0 amide bonds. The van der Waals surface area contributed by atoms with Gasteiger partial charge in [0.2, 0.25) is 5.95 Å². The number of rotatable bonds is 3. The van der Waals surface area contributed by atoms with Gasteiger partial charge in [-0.25, -0.2) is 9.97 Å². The molecule has 2 rings (SSSR count). The van der Waals surface area contributed by atoms with Gasteiger partial charge in [0.15, 0.2) is 0 Å². The van der Waals surface area contributed by atoms with Crippen molar-refractivity contribution >= 4 is 28.5 Å². The average Bonchev–Trinajstić information content (AvgIpc) is 2.16. The van der Waals surface area contributed by atoms with E-state index in [2.05, 4.69) is 56.5 Å². The Hall–Kier alpha value is -0.430. The molecule has 0 saturated carbocycles. The fraction of sp³-hybridized carbons (Fsp3) is 0.600. The first-order valence-electron chi connectivity index (χ1n) is 5.02. The van der Waals surface area contributed by atoms with E-state index in [0.717, 1.165) is 22.0 Å². The molecule has 0 aliphatic carbocycles. The number of halogens is 1. The van der Waals surface area contributed by atoms with Gasteiger partial charge in [-0.1, -0.05) is 0 Å². The van der Waals surface area contributed by atoms with Crippen molar-refractivity contribution in [2.45, 2.75) is 0 Å². The maximum absolute atomic E-state index is 4.30. The molecule has 2 heterocycles. The number of hydrogen-bond acceptors (Lipinski definition) is 4. The Labute approximate surface area is 104 Å². The predicted molar refractivity (Wildman–Crippen MR) is 69.0 cm³/mol. The van der Waals surface area contributed by atoms with Crippen LogP contribution in [0.1, 0.15) is 0 Å². The van der Waals surface area contributed by atoms with Crippen molar-refractivity contribution in [2.24, 2.45) is 5.92 Å². The lowest BCUT2D eigenvalue weighted by molar-refractivity contribution is 0.139. The summed E-state index contributed by atoms with van der Waals surface area (Å²) in [6.07, 6.45) is 3.71.